The van der Waals surface area contributed by atoms with Crippen LogP contribution < -0.4 is 0 Å². The molecule has 2 aromatic carbocycles. The molecule has 0 saturated carbocycles. The summed E-state index contributed by atoms with van der Waals surface area (Å²) in [6, 6.07) is 18.3. The van der Waals surface area contributed by atoms with E-state index in [1.165, 1.54) is 18.4 Å². The minimum Gasteiger partial charge on any atom is -0.463 e. The Bertz CT molecular complexity index is 1080. The van der Waals surface area contributed by atoms with Crippen molar-refractivity contribution >= 4 is 11.7 Å². The lowest BCUT2D eigenvalue weighted by Gasteiger charge is -2.26. The zero-order valence-electron chi connectivity index (χ0n) is 17.5. The number of carbonyl (C=O) groups excluding carboxylic acids is 2. The fourth-order valence-electron chi connectivity index (χ4n) is 4.50. The highest BCUT2D eigenvalue weighted by Crippen LogP contribution is 2.26. The van der Waals surface area contributed by atoms with Gasteiger partial charge in [-0.05, 0) is 56.1 Å². The van der Waals surface area contributed by atoms with Crippen LogP contribution in [0.2, 0.25) is 0 Å². The maximum Gasteiger partial charge on any atom is 0.254 e. The second kappa shape index (κ2) is 8.52. The number of hydrogen-bond acceptors (Lipinski definition) is 4. The zero-order valence-corrected chi connectivity index (χ0v) is 17.5. The van der Waals surface area contributed by atoms with E-state index in [1.807, 2.05) is 23.1 Å². The SMILES string of the molecule is O=C(c1ccccc1)c1ccc(C(=O)N2CCc3cc(CN4CCCC4)oc3C2)cc1. The third kappa shape index (κ3) is 4.19. The van der Waals surface area contributed by atoms with E-state index in [0.29, 0.717) is 29.8 Å². The van der Waals surface area contributed by atoms with E-state index in [9.17, 15) is 9.59 Å². The summed E-state index contributed by atoms with van der Waals surface area (Å²) >= 11 is 0. The molecule has 3 aromatic rings. The molecule has 0 aliphatic carbocycles. The summed E-state index contributed by atoms with van der Waals surface area (Å²) in [5.74, 6) is 1.85. The summed E-state index contributed by atoms with van der Waals surface area (Å²) in [7, 11) is 0. The molecular weight excluding hydrogens is 388 g/mol. The smallest absolute Gasteiger partial charge is 0.254 e. The Kier molecular flexibility index (Phi) is 5.43. The molecule has 158 valence electrons. The summed E-state index contributed by atoms with van der Waals surface area (Å²) in [6.07, 6.45) is 3.34. The molecule has 3 heterocycles. The van der Waals surface area contributed by atoms with Crippen LogP contribution in [-0.2, 0) is 19.5 Å². The molecule has 5 heteroatoms. The van der Waals surface area contributed by atoms with E-state index in [0.717, 1.165) is 37.6 Å². The number of ketones is 1. The largest absolute Gasteiger partial charge is 0.463 e. The van der Waals surface area contributed by atoms with E-state index in [2.05, 4.69) is 11.0 Å². The van der Waals surface area contributed by atoms with Gasteiger partial charge in [0.15, 0.2) is 5.78 Å². The minimum atomic E-state index is -0.0386. The molecule has 2 aliphatic rings. The van der Waals surface area contributed by atoms with Gasteiger partial charge in [0.1, 0.15) is 11.5 Å². The summed E-state index contributed by atoms with van der Waals surface area (Å²) in [6.45, 7) is 4.31. The van der Waals surface area contributed by atoms with Crippen molar-refractivity contribution < 1.29 is 14.0 Å². The highest BCUT2D eigenvalue weighted by molar-refractivity contribution is 6.09. The fourth-order valence-corrected chi connectivity index (χ4v) is 4.50. The summed E-state index contributed by atoms with van der Waals surface area (Å²) in [5.41, 5.74) is 3.05. The van der Waals surface area contributed by atoms with Crippen molar-refractivity contribution in [2.45, 2.75) is 32.4 Å². The highest BCUT2D eigenvalue weighted by Gasteiger charge is 2.26. The molecule has 2 aliphatic heterocycles. The molecule has 5 rings (SSSR count). The van der Waals surface area contributed by atoms with Gasteiger partial charge in [-0.3, -0.25) is 14.5 Å². The molecule has 1 amide bonds. The van der Waals surface area contributed by atoms with E-state index >= 15 is 0 Å². The Labute approximate surface area is 182 Å². The number of nitrogens with zero attached hydrogens (tertiary/aromatic N) is 2. The molecule has 0 bridgehead atoms. The van der Waals surface area contributed by atoms with Crippen LogP contribution in [0.3, 0.4) is 0 Å². The van der Waals surface area contributed by atoms with Crippen molar-refractivity contribution in [2.75, 3.05) is 19.6 Å². The van der Waals surface area contributed by atoms with Crippen LogP contribution in [0.1, 0.15) is 56.2 Å². The molecule has 5 nitrogen and oxygen atoms in total. The van der Waals surface area contributed by atoms with Crippen LogP contribution in [0.15, 0.2) is 65.1 Å². The van der Waals surface area contributed by atoms with Gasteiger partial charge in [-0.1, -0.05) is 42.5 Å². The number of furan rings is 1. The van der Waals surface area contributed by atoms with Gasteiger partial charge in [-0.15, -0.1) is 0 Å². The number of hydrogen-bond donors (Lipinski definition) is 0. The fraction of sp³-hybridized carbons (Fsp3) is 0.308. The number of likely N-dealkylation sites (tertiary alicyclic amines) is 1. The molecule has 1 fully saturated rings. The van der Waals surface area contributed by atoms with Gasteiger partial charge in [0, 0.05) is 23.2 Å². The van der Waals surface area contributed by atoms with Gasteiger partial charge in [0.05, 0.1) is 13.1 Å². The lowest BCUT2D eigenvalue weighted by molar-refractivity contribution is 0.0718. The third-order valence-corrected chi connectivity index (χ3v) is 6.23. The molecule has 0 radical (unpaired) electrons. The summed E-state index contributed by atoms with van der Waals surface area (Å²) in [5, 5.41) is 0. The van der Waals surface area contributed by atoms with Gasteiger partial charge < -0.3 is 9.32 Å². The number of benzene rings is 2. The number of fused-ring (bicyclic) bond motifs is 1. The van der Waals surface area contributed by atoms with Crippen molar-refractivity contribution in [3.05, 3.63) is 94.4 Å². The molecule has 0 unspecified atom stereocenters. The van der Waals surface area contributed by atoms with E-state index < -0.39 is 0 Å². The molecule has 31 heavy (non-hydrogen) atoms. The Morgan fingerprint density at radius 1 is 0.839 bits per heavy atom. The van der Waals surface area contributed by atoms with Gasteiger partial charge in [0.25, 0.3) is 5.91 Å². The van der Waals surface area contributed by atoms with Crippen LogP contribution in [0.25, 0.3) is 0 Å². The average Bonchev–Trinajstić information content (AvgIpc) is 3.48. The monoisotopic (exact) mass is 414 g/mol. The number of carbonyl (C=O) groups is 2. The first kappa shape index (κ1) is 19.8. The Balaban J connectivity index is 1.26. The van der Waals surface area contributed by atoms with Crippen molar-refractivity contribution in [2.24, 2.45) is 0 Å². The Hall–Kier alpha value is -3.18. The molecule has 0 spiro atoms. The van der Waals surface area contributed by atoms with Crippen LogP contribution in [0, 0.1) is 0 Å². The van der Waals surface area contributed by atoms with Crippen LogP contribution >= 0.6 is 0 Å². The third-order valence-electron chi connectivity index (χ3n) is 6.23. The molecular formula is C26H26N2O3. The Morgan fingerprint density at radius 3 is 2.26 bits per heavy atom. The predicted molar refractivity (Wildman–Crippen MR) is 118 cm³/mol. The van der Waals surface area contributed by atoms with Crippen molar-refractivity contribution in [3.8, 4) is 0 Å². The topological polar surface area (TPSA) is 53.8 Å². The van der Waals surface area contributed by atoms with E-state index in [4.69, 9.17) is 4.42 Å². The van der Waals surface area contributed by atoms with Crippen molar-refractivity contribution in [1.29, 1.82) is 0 Å². The van der Waals surface area contributed by atoms with Gasteiger partial charge >= 0.3 is 0 Å². The van der Waals surface area contributed by atoms with Gasteiger partial charge in [0.2, 0.25) is 0 Å². The zero-order chi connectivity index (χ0) is 21.2. The maximum absolute atomic E-state index is 13.0. The summed E-state index contributed by atoms with van der Waals surface area (Å²) in [4.78, 5) is 29.9. The first-order valence-electron chi connectivity index (χ1n) is 11.0. The Morgan fingerprint density at radius 2 is 1.52 bits per heavy atom. The van der Waals surface area contributed by atoms with Crippen LogP contribution in [0.5, 0.6) is 0 Å². The second-order valence-electron chi connectivity index (χ2n) is 8.39. The lowest BCUT2D eigenvalue weighted by atomic mass is 10.0. The average molecular weight is 415 g/mol. The normalized spacial score (nSPS) is 16.3. The molecule has 0 N–H and O–H groups in total. The quantitative estimate of drug-likeness (QED) is 0.584. The highest BCUT2D eigenvalue weighted by atomic mass is 16.3. The minimum absolute atomic E-state index is 0.0261. The molecule has 1 saturated heterocycles. The first-order chi connectivity index (χ1) is 15.2. The number of amides is 1. The second-order valence-corrected chi connectivity index (χ2v) is 8.39. The molecule has 0 atom stereocenters. The van der Waals surface area contributed by atoms with Crippen molar-refractivity contribution in [1.82, 2.24) is 9.80 Å². The van der Waals surface area contributed by atoms with E-state index in [-0.39, 0.29) is 11.7 Å². The van der Waals surface area contributed by atoms with Gasteiger partial charge in [-0.2, -0.15) is 0 Å². The van der Waals surface area contributed by atoms with E-state index in [1.54, 1.807) is 36.4 Å². The number of rotatable bonds is 5. The van der Waals surface area contributed by atoms with Crippen LogP contribution in [0.4, 0.5) is 0 Å². The molecule has 1 aromatic heterocycles. The lowest BCUT2D eigenvalue weighted by Crippen LogP contribution is -2.35. The first-order valence-corrected chi connectivity index (χ1v) is 11.0. The summed E-state index contributed by atoms with van der Waals surface area (Å²) < 4.78 is 6.10. The maximum atomic E-state index is 13.0. The van der Waals surface area contributed by atoms with Crippen molar-refractivity contribution in [3.63, 3.8) is 0 Å². The standard InChI is InChI=1S/C26H26N2O3/c29-25(19-6-2-1-3-7-19)20-8-10-21(11-9-20)26(30)28-15-12-22-16-23(31-24(22)18-28)17-27-13-4-5-14-27/h1-3,6-11,16H,4-5,12-15,17-18H2. The predicted octanol–water partition coefficient (Wildman–Crippen LogP) is 4.30. The van der Waals surface area contributed by atoms with Crippen LogP contribution in [-0.4, -0.2) is 41.1 Å². The van der Waals surface area contributed by atoms with Gasteiger partial charge in [-0.25, -0.2) is 0 Å².